The van der Waals surface area contributed by atoms with Crippen LogP contribution in [0.2, 0.25) is 0 Å². The Hall–Kier alpha value is -3.69. The van der Waals surface area contributed by atoms with Crippen LogP contribution in [0.4, 0.5) is 10.1 Å². The summed E-state index contributed by atoms with van der Waals surface area (Å²) in [5, 5.41) is 4.47. The zero-order valence-electron chi connectivity index (χ0n) is 20.8. The Bertz CT molecular complexity index is 1850. The lowest BCUT2D eigenvalue weighted by molar-refractivity contribution is -0.113. The van der Waals surface area contributed by atoms with Gasteiger partial charge in [0, 0.05) is 21.2 Å². The second-order valence-electron chi connectivity index (χ2n) is 10.2. The van der Waals surface area contributed by atoms with Gasteiger partial charge >= 0.3 is 0 Å². The van der Waals surface area contributed by atoms with Crippen molar-refractivity contribution in [2.75, 3.05) is 4.90 Å². The van der Waals surface area contributed by atoms with Crippen molar-refractivity contribution in [2.24, 2.45) is 0 Å². The summed E-state index contributed by atoms with van der Waals surface area (Å²) < 4.78 is 16.7. The SMILES string of the molecule is CC(C)(C)c1ccc(-c2nc3sc(=C4C(=O)N(Cc5ccccc5F)c5ccc(Br)cc54)c(=O)n3n2)cc1. The topological polar surface area (TPSA) is 67.6 Å². The molecule has 1 amide bonds. The molecule has 6 rings (SSSR count). The summed E-state index contributed by atoms with van der Waals surface area (Å²) >= 11 is 4.61. The summed E-state index contributed by atoms with van der Waals surface area (Å²) in [6, 6.07) is 19.8. The van der Waals surface area contributed by atoms with Gasteiger partial charge in [0.05, 0.1) is 17.8 Å². The number of hydrogen-bond donors (Lipinski definition) is 0. The molecule has 5 aromatic rings. The molecule has 0 unspecified atom stereocenters. The van der Waals surface area contributed by atoms with Crippen molar-refractivity contribution >= 4 is 49.4 Å². The predicted octanol–water partition coefficient (Wildman–Crippen LogP) is 5.48. The predicted molar refractivity (Wildman–Crippen MR) is 151 cm³/mol. The number of anilines is 1. The van der Waals surface area contributed by atoms with Gasteiger partial charge in [-0.05, 0) is 35.2 Å². The highest BCUT2D eigenvalue weighted by Crippen LogP contribution is 2.38. The van der Waals surface area contributed by atoms with Crippen molar-refractivity contribution in [1.82, 2.24) is 14.6 Å². The van der Waals surface area contributed by atoms with Crippen LogP contribution in [-0.2, 0) is 16.8 Å². The molecule has 0 saturated carbocycles. The standard InChI is InChI=1S/C29H22BrFN4O2S/c1-29(2,3)18-10-8-16(9-11-18)25-32-28-35(33-25)27(37)24(38-28)23-20-14-19(30)12-13-22(20)34(26(23)36)15-17-6-4-5-7-21(17)31/h4-14H,15H2,1-3H3. The van der Waals surface area contributed by atoms with Gasteiger partial charge in [0.1, 0.15) is 10.3 Å². The number of amides is 1. The molecule has 9 heteroatoms. The second kappa shape index (κ2) is 8.96. The summed E-state index contributed by atoms with van der Waals surface area (Å²) in [6.07, 6.45) is 0. The van der Waals surface area contributed by atoms with Gasteiger partial charge in [0.25, 0.3) is 11.5 Å². The molecule has 3 heterocycles. The molecule has 0 radical (unpaired) electrons. The van der Waals surface area contributed by atoms with E-state index in [0.29, 0.717) is 27.6 Å². The number of rotatable bonds is 3. The highest BCUT2D eigenvalue weighted by Gasteiger charge is 2.35. The molecule has 38 heavy (non-hydrogen) atoms. The number of benzene rings is 3. The molecular formula is C29H22BrFN4O2S. The smallest absolute Gasteiger partial charge is 0.291 e. The lowest BCUT2D eigenvalue weighted by Gasteiger charge is -2.18. The zero-order valence-corrected chi connectivity index (χ0v) is 23.2. The number of carbonyl (C=O) groups is 1. The second-order valence-corrected chi connectivity index (χ2v) is 12.1. The van der Waals surface area contributed by atoms with Gasteiger partial charge in [0.2, 0.25) is 4.96 Å². The van der Waals surface area contributed by atoms with Gasteiger partial charge < -0.3 is 4.90 Å². The Balaban J connectivity index is 1.46. The largest absolute Gasteiger partial charge is 0.303 e. The molecule has 3 aromatic carbocycles. The number of hydrogen-bond acceptors (Lipinski definition) is 5. The van der Waals surface area contributed by atoms with Crippen LogP contribution in [0.5, 0.6) is 0 Å². The third-order valence-electron chi connectivity index (χ3n) is 6.66. The first-order valence-corrected chi connectivity index (χ1v) is 13.6. The summed E-state index contributed by atoms with van der Waals surface area (Å²) in [6.45, 7) is 6.49. The van der Waals surface area contributed by atoms with E-state index < -0.39 is 11.4 Å². The van der Waals surface area contributed by atoms with E-state index >= 15 is 0 Å². The fourth-order valence-electron chi connectivity index (χ4n) is 4.60. The van der Waals surface area contributed by atoms with E-state index in [0.717, 1.165) is 21.4 Å². The van der Waals surface area contributed by atoms with Crippen LogP contribution in [-0.4, -0.2) is 20.5 Å². The lowest BCUT2D eigenvalue weighted by Crippen LogP contribution is -2.32. The van der Waals surface area contributed by atoms with Crippen molar-refractivity contribution in [3.8, 4) is 11.4 Å². The van der Waals surface area contributed by atoms with E-state index in [1.54, 1.807) is 24.3 Å². The van der Waals surface area contributed by atoms with Crippen LogP contribution in [0.15, 0.2) is 76.0 Å². The Morgan fingerprint density at radius 1 is 1.00 bits per heavy atom. The first-order chi connectivity index (χ1) is 18.1. The third-order valence-corrected chi connectivity index (χ3v) is 8.18. The van der Waals surface area contributed by atoms with E-state index in [-0.39, 0.29) is 28.0 Å². The summed E-state index contributed by atoms with van der Waals surface area (Å²) in [5.41, 5.74) is 3.51. The van der Waals surface area contributed by atoms with Crippen LogP contribution >= 0.6 is 27.3 Å². The monoisotopic (exact) mass is 588 g/mol. The van der Waals surface area contributed by atoms with E-state index in [1.807, 2.05) is 36.4 Å². The average molecular weight is 589 g/mol. The van der Waals surface area contributed by atoms with Gasteiger partial charge in [-0.2, -0.15) is 9.50 Å². The van der Waals surface area contributed by atoms with Gasteiger partial charge in [-0.15, -0.1) is 5.10 Å². The quantitative estimate of drug-likeness (QED) is 0.280. The number of halogens is 2. The molecule has 0 aliphatic carbocycles. The number of nitrogens with zero attached hydrogens (tertiary/aromatic N) is 4. The molecular weight excluding hydrogens is 567 g/mol. The molecule has 0 atom stereocenters. The maximum absolute atomic E-state index is 14.4. The molecule has 0 fully saturated rings. The fraction of sp³-hybridized carbons (Fsp3) is 0.172. The maximum Gasteiger partial charge on any atom is 0.291 e. The molecule has 2 aromatic heterocycles. The minimum atomic E-state index is -0.405. The molecule has 0 N–H and O–H groups in total. The van der Waals surface area contributed by atoms with E-state index in [2.05, 4.69) is 46.8 Å². The first-order valence-electron chi connectivity index (χ1n) is 12.0. The lowest BCUT2D eigenvalue weighted by atomic mass is 9.87. The van der Waals surface area contributed by atoms with Gasteiger partial charge in [0.15, 0.2) is 5.82 Å². The minimum absolute atomic E-state index is 0.0219. The zero-order chi connectivity index (χ0) is 26.8. The Morgan fingerprint density at radius 2 is 1.74 bits per heavy atom. The number of aromatic nitrogens is 3. The number of thiazole rings is 1. The Labute approximate surface area is 230 Å². The van der Waals surface area contributed by atoms with E-state index in [9.17, 15) is 14.0 Å². The Kier molecular flexibility index (Phi) is 5.81. The highest BCUT2D eigenvalue weighted by atomic mass is 79.9. The fourth-order valence-corrected chi connectivity index (χ4v) is 5.96. The average Bonchev–Trinajstić information content (AvgIpc) is 3.51. The highest BCUT2D eigenvalue weighted by molar-refractivity contribution is 9.10. The van der Waals surface area contributed by atoms with Crippen molar-refractivity contribution in [2.45, 2.75) is 32.7 Å². The number of fused-ring (bicyclic) bond motifs is 2. The molecule has 1 aliphatic heterocycles. The molecule has 0 bridgehead atoms. The van der Waals surface area contributed by atoms with Gasteiger partial charge in [-0.3, -0.25) is 9.59 Å². The van der Waals surface area contributed by atoms with Crippen LogP contribution in [0.25, 0.3) is 21.9 Å². The molecule has 6 nitrogen and oxygen atoms in total. The van der Waals surface area contributed by atoms with E-state index in [1.165, 1.54) is 21.0 Å². The van der Waals surface area contributed by atoms with Crippen LogP contribution in [0.1, 0.15) is 37.5 Å². The summed E-state index contributed by atoms with van der Waals surface area (Å²) in [5.74, 6) is -0.299. The van der Waals surface area contributed by atoms with Crippen molar-refractivity contribution in [1.29, 1.82) is 0 Å². The van der Waals surface area contributed by atoms with Gasteiger partial charge in [-0.1, -0.05) is 90.5 Å². The van der Waals surface area contributed by atoms with Crippen LogP contribution in [0, 0.1) is 5.82 Å². The van der Waals surface area contributed by atoms with Crippen molar-refractivity contribution < 1.29 is 9.18 Å². The molecule has 1 aliphatic rings. The summed E-state index contributed by atoms with van der Waals surface area (Å²) in [7, 11) is 0. The van der Waals surface area contributed by atoms with Gasteiger partial charge in [-0.25, -0.2) is 4.39 Å². The minimum Gasteiger partial charge on any atom is -0.303 e. The third kappa shape index (κ3) is 4.06. The molecule has 190 valence electrons. The van der Waals surface area contributed by atoms with Crippen LogP contribution < -0.4 is 15.0 Å². The van der Waals surface area contributed by atoms with Crippen molar-refractivity contribution in [3.05, 3.63) is 109 Å². The van der Waals surface area contributed by atoms with Crippen molar-refractivity contribution in [3.63, 3.8) is 0 Å². The number of carbonyl (C=O) groups excluding carboxylic acids is 1. The Morgan fingerprint density at radius 3 is 2.42 bits per heavy atom. The first kappa shape index (κ1) is 24.6. The summed E-state index contributed by atoms with van der Waals surface area (Å²) in [4.78, 5) is 33.7. The van der Waals surface area contributed by atoms with E-state index in [4.69, 9.17) is 0 Å². The van der Waals surface area contributed by atoms with Crippen LogP contribution in [0.3, 0.4) is 0 Å². The normalized spacial score (nSPS) is 15.0. The molecule has 0 saturated heterocycles. The molecule has 0 spiro atoms. The maximum atomic E-state index is 14.4.